The first-order valence-electron chi connectivity index (χ1n) is 3.54. The molecule has 1 N–H and O–H groups in total. The van der Waals surface area contributed by atoms with E-state index in [0.29, 0.717) is 0 Å². The molecule has 1 unspecified atom stereocenters. The summed E-state index contributed by atoms with van der Waals surface area (Å²) in [4.78, 5) is 4.15. The van der Waals surface area contributed by atoms with Gasteiger partial charge in [0.25, 0.3) is 0 Å². The van der Waals surface area contributed by atoms with Crippen molar-refractivity contribution in [1.82, 2.24) is 9.55 Å². The molecule has 0 aromatic carbocycles. The second kappa shape index (κ2) is 2.09. The van der Waals surface area contributed by atoms with Gasteiger partial charge in [-0.3, -0.25) is 0 Å². The average molecular weight is 138 g/mol. The molecule has 0 radical (unpaired) electrons. The molecule has 3 heteroatoms. The summed E-state index contributed by atoms with van der Waals surface area (Å²) in [5.74, 6) is 1.11. The predicted octanol–water partition coefficient (Wildman–Crippen LogP) is 0.363. The summed E-state index contributed by atoms with van der Waals surface area (Å²) in [5, 5.41) is 8.88. The van der Waals surface area contributed by atoms with Crippen LogP contribution < -0.4 is 0 Å². The molecule has 0 saturated heterocycles. The molecule has 0 aliphatic carbocycles. The van der Waals surface area contributed by atoms with Crippen molar-refractivity contribution >= 4 is 0 Å². The van der Waals surface area contributed by atoms with E-state index in [2.05, 4.69) is 9.55 Å². The van der Waals surface area contributed by atoms with Crippen molar-refractivity contribution in [2.45, 2.75) is 18.9 Å². The molecule has 1 aromatic rings. The largest absolute Gasteiger partial charge is 0.394 e. The van der Waals surface area contributed by atoms with Gasteiger partial charge >= 0.3 is 0 Å². The Morgan fingerprint density at radius 3 is 3.50 bits per heavy atom. The van der Waals surface area contributed by atoms with Crippen molar-refractivity contribution in [3.05, 3.63) is 18.2 Å². The van der Waals surface area contributed by atoms with Crippen LogP contribution in [0.4, 0.5) is 0 Å². The fourth-order valence-electron chi connectivity index (χ4n) is 1.48. The summed E-state index contributed by atoms with van der Waals surface area (Å²) < 4.78 is 2.06. The summed E-state index contributed by atoms with van der Waals surface area (Å²) >= 11 is 0. The van der Waals surface area contributed by atoms with Crippen LogP contribution >= 0.6 is 0 Å². The SMILES string of the molecule is OCC1CCc2nccn21. The van der Waals surface area contributed by atoms with Gasteiger partial charge in [-0.15, -0.1) is 0 Å². The zero-order valence-corrected chi connectivity index (χ0v) is 5.70. The number of aliphatic hydroxyl groups is 1. The lowest BCUT2D eigenvalue weighted by Crippen LogP contribution is -2.06. The Labute approximate surface area is 59.3 Å². The third kappa shape index (κ3) is 0.671. The lowest BCUT2D eigenvalue weighted by atomic mass is 10.2. The van der Waals surface area contributed by atoms with Crippen LogP contribution in [-0.2, 0) is 6.42 Å². The van der Waals surface area contributed by atoms with Gasteiger partial charge in [0.1, 0.15) is 5.82 Å². The van der Waals surface area contributed by atoms with Crippen molar-refractivity contribution in [2.24, 2.45) is 0 Å². The molecule has 0 amide bonds. The lowest BCUT2D eigenvalue weighted by Gasteiger charge is -2.06. The smallest absolute Gasteiger partial charge is 0.109 e. The Kier molecular flexibility index (Phi) is 1.24. The van der Waals surface area contributed by atoms with E-state index in [1.807, 2.05) is 6.20 Å². The Bertz CT molecular complexity index is 231. The highest BCUT2D eigenvalue weighted by Gasteiger charge is 2.20. The van der Waals surface area contributed by atoms with Crippen molar-refractivity contribution in [3.8, 4) is 0 Å². The maximum atomic E-state index is 8.88. The number of hydrogen-bond donors (Lipinski definition) is 1. The third-order valence-electron chi connectivity index (χ3n) is 2.05. The maximum absolute atomic E-state index is 8.88. The molecule has 1 aliphatic rings. The first-order valence-corrected chi connectivity index (χ1v) is 3.54. The van der Waals surface area contributed by atoms with Gasteiger partial charge in [-0.05, 0) is 6.42 Å². The van der Waals surface area contributed by atoms with Gasteiger partial charge < -0.3 is 9.67 Å². The Morgan fingerprint density at radius 1 is 1.80 bits per heavy atom. The number of aliphatic hydroxyl groups excluding tert-OH is 1. The quantitative estimate of drug-likeness (QED) is 0.608. The highest BCUT2D eigenvalue weighted by Crippen LogP contribution is 2.23. The highest BCUT2D eigenvalue weighted by atomic mass is 16.3. The fourth-order valence-corrected chi connectivity index (χ4v) is 1.48. The number of nitrogens with zero attached hydrogens (tertiary/aromatic N) is 2. The van der Waals surface area contributed by atoms with E-state index in [-0.39, 0.29) is 12.6 Å². The fraction of sp³-hybridized carbons (Fsp3) is 0.571. The van der Waals surface area contributed by atoms with Gasteiger partial charge in [0.15, 0.2) is 0 Å². The van der Waals surface area contributed by atoms with Gasteiger partial charge in [-0.2, -0.15) is 0 Å². The lowest BCUT2D eigenvalue weighted by molar-refractivity contribution is 0.233. The molecule has 0 fully saturated rings. The first kappa shape index (κ1) is 5.92. The topological polar surface area (TPSA) is 38.1 Å². The third-order valence-corrected chi connectivity index (χ3v) is 2.05. The van der Waals surface area contributed by atoms with E-state index < -0.39 is 0 Å². The number of imidazole rings is 1. The summed E-state index contributed by atoms with van der Waals surface area (Å²) in [6.45, 7) is 0.239. The number of rotatable bonds is 1. The van der Waals surface area contributed by atoms with E-state index in [9.17, 15) is 0 Å². The summed E-state index contributed by atoms with van der Waals surface area (Å²) in [7, 11) is 0. The van der Waals surface area contributed by atoms with Gasteiger partial charge in [0.05, 0.1) is 12.6 Å². The molecule has 0 bridgehead atoms. The van der Waals surface area contributed by atoms with E-state index >= 15 is 0 Å². The molecule has 3 nitrogen and oxygen atoms in total. The van der Waals surface area contributed by atoms with E-state index in [1.54, 1.807) is 6.20 Å². The summed E-state index contributed by atoms with van der Waals surface area (Å²) in [6.07, 6.45) is 5.78. The molecule has 1 aliphatic heterocycles. The van der Waals surface area contributed by atoms with Crippen LogP contribution in [0.15, 0.2) is 12.4 Å². The van der Waals surface area contributed by atoms with Gasteiger partial charge in [-0.25, -0.2) is 4.98 Å². The zero-order valence-electron chi connectivity index (χ0n) is 5.70. The second-order valence-corrected chi connectivity index (χ2v) is 2.63. The average Bonchev–Trinajstić information content (AvgIpc) is 2.44. The minimum atomic E-state index is 0.239. The van der Waals surface area contributed by atoms with Crippen LogP contribution in [0.5, 0.6) is 0 Å². The second-order valence-electron chi connectivity index (χ2n) is 2.63. The number of fused-ring (bicyclic) bond motifs is 1. The summed E-state index contributed by atoms with van der Waals surface area (Å²) in [5.41, 5.74) is 0. The van der Waals surface area contributed by atoms with E-state index in [1.165, 1.54) is 0 Å². The van der Waals surface area contributed by atoms with Gasteiger partial charge in [0.2, 0.25) is 0 Å². The predicted molar refractivity (Wildman–Crippen MR) is 36.7 cm³/mol. The zero-order chi connectivity index (χ0) is 6.97. The maximum Gasteiger partial charge on any atom is 0.109 e. The van der Waals surface area contributed by atoms with Crippen LogP contribution in [0.25, 0.3) is 0 Å². The molecule has 1 aromatic heterocycles. The summed E-state index contributed by atoms with van der Waals surface area (Å²) in [6, 6.07) is 0.289. The minimum Gasteiger partial charge on any atom is -0.394 e. The molecule has 54 valence electrons. The highest BCUT2D eigenvalue weighted by molar-refractivity contribution is 5.01. The molecular formula is C7H10N2O. The molecular weight excluding hydrogens is 128 g/mol. The molecule has 0 spiro atoms. The van der Waals surface area contributed by atoms with Crippen LogP contribution in [0.1, 0.15) is 18.3 Å². The first-order chi connectivity index (χ1) is 4.92. The van der Waals surface area contributed by atoms with Gasteiger partial charge in [0, 0.05) is 18.8 Å². The van der Waals surface area contributed by atoms with Crippen LogP contribution in [-0.4, -0.2) is 21.3 Å². The van der Waals surface area contributed by atoms with Crippen molar-refractivity contribution in [3.63, 3.8) is 0 Å². The van der Waals surface area contributed by atoms with E-state index in [4.69, 9.17) is 5.11 Å². The van der Waals surface area contributed by atoms with Crippen LogP contribution in [0.2, 0.25) is 0 Å². The Hall–Kier alpha value is -0.830. The van der Waals surface area contributed by atoms with E-state index in [0.717, 1.165) is 18.7 Å². The molecule has 10 heavy (non-hydrogen) atoms. The van der Waals surface area contributed by atoms with Crippen LogP contribution in [0, 0.1) is 0 Å². The van der Waals surface area contributed by atoms with Crippen molar-refractivity contribution in [1.29, 1.82) is 0 Å². The molecule has 2 rings (SSSR count). The Morgan fingerprint density at radius 2 is 2.70 bits per heavy atom. The van der Waals surface area contributed by atoms with Gasteiger partial charge in [-0.1, -0.05) is 0 Å². The number of aryl methyl sites for hydroxylation is 1. The molecule has 0 saturated carbocycles. The minimum absolute atomic E-state index is 0.239. The van der Waals surface area contributed by atoms with Crippen LogP contribution in [0.3, 0.4) is 0 Å². The number of aromatic nitrogens is 2. The van der Waals surface area contributed by atoms with Crippen molar-refractivity contribution < 1.29 is 5.11 Å². The molecule has 1 atom stereocenters. The number of hydrogen-bond acceptors (Lipinski definition) is 2. The molecule has 2 heterocycles. The Balaban J connectivity index is 2.34. The van der Waals surface area contributed by atoms with Crippen molar-refractivity contribution in [2.75, 3.05) is 6.61 Å². The standard InChI is InChI=1S/C7H10N2O/c10-5-6-1-2-7-8-3-4-9(6)7/h3-4,6,10H,1-2,5H2. The monoisotopic (exact) mass is 138 g/mol. The normalized spacial score (nSPS) is 23.1.